The number of ether oxygens (including phenoxy) is 1. The fourth-order valence-electron chi connectivity index (χ4n) is 0.931. The minimum atomic E-state index is -0.814. The van der Waals surface area contributed by atoms with Crippen LogP contribution in [0.1, 0.15) is 20.7 Å². The summed E-state index contributed by atoms with van der Waals surface area (Å²) in [5.41, 5.74) is -0.358. The molecule has 4 heteroatoms. The number of carbonyl (C=O) groups excluding carboxylic acids is 2. The summed E-state index contributed by atoms with van der Waals surface area (Å²) in [5, 5.41) is 0. The van der Waals surface area contributed by atoms with Crippen molar-refractivity contribution in [2.24, 2.45) is 0 Å². The van der Waals surface area contributed by atoms with E-state index in [1.54, 1.807) is 0 Å². The first-order valence-corrected chi connectivity index (χ1v) is 3.50. The molecule has 0 amide bonds. The Morgan fingerprint density at radius 3 is 2.00 bits per heavy atom. The van der Waals surface area contributed by atoms with Crippen LogP contribution in [-0.2, 0) is 0 Å². The average molecular weight is 181 g/mol. The lowest BCUT2D eigenvalue weighted by molar-refractivity contribution is 0.111. The maximum atomic E-state index is 13.1. The predicted octanol–water partition coefficient (Wildman–Crippen LogP) is 1.46. The first-order chi connectivity index (χ1) is 6.22. The largest absolute Gasteiger partial charge is 0.497 e. The van der Waals surface area contributed by atoms with E-state index in [0.717, 1.165) is 0 Å². The standard InChI is InChI=1S/C9H7FO3/c1-13-8-2-6(4-11)9(10)7(3-8)5-12/h2-5H,1H3/i10-1. The van der Waals surface area contributed by atoms with Crippen molar-refractivity contribution in [1.82, 2.24) is 0 Å². The Labute approximate surface area is 74.1 Å². The summed E-state index contributed by atoms with van der Waals surface area (Å²) in [5.74, 6) is -0.531. The Morgan fingerprint density at radius 1 is 1.23 bits per heavy atom. The van der Waals surface area contributed by atoms with Gasteiger partial charge >= 0.3 is 0 Å². The summed E-state index contributed by atoms with van der Waals surface area (Å²) in [4.78, 5) is 20.7. The number of rotatable bonds is 3. The van der Waals surface area contributed by atoms with Crippen molar-refractivity contribution in [1.29, 1.82) is 0 Å². The molecule has 1 rings (SSSR count). The molecule has 68 valence electrons. The lowest BCUT2D eigenvalue weighted by atomic mass is 10.1. The number of halogens is 1. The maximum Gasteiger partial charge on any atom is 0.153 e. The second-order valence-corrected chi connectivity index (χ2v) is 2.36. The number of benzene rings is 1. The molecular formula is C9H7FO3. The van der Waals surface area contributed by atoms with E-state index in [2.05, 4.69) is 0 Å². The third kappa shape index (κ3) is 1.72. The zero-order valence-electron chi connectivity index (χ0n) is 6.91. The highest BCUT2D eigenvalue weighted by atomic mass is 18.2. The molecule has 1 aromatic carbocycles. The first kappa shape index (κ1) is 9.38. The SMILES string of the molecule is COc1cc(C=O)c([18F])c(C=O)c1. The van der Waals surface area contributed by atoms with Gasteiger partial charge in [0.2, 0.25) is 0 Å². The van der Waals surface area contributed by atoms with E-state index in [0.29, 0.717) is 12.6 Å². The Kier molecular flexibility index (Phi) is 2.74. The van der Waals surface area contributed by atoms with Gasteiger partial charge in [-0.05, 0) is 12.1 Å². The third-order valence-corrected chi connectivity index (χ3v) is 1.59. The molecule has 0 aromatic heterocycles. The van der Waals surface area contributed by atoms with E-state index in [1.165, 1.54) is 19.2 Å². The van der Waals surface area contributed by atoms with E-state index in [1.807, 2.05) is 0 Å². The monoisotopic (exact) mass is 181 g/mol. The van der Waals surface area contributed by atoms with Gasteiger partial charge in [0.05, 0.1) is 18.2 Å². The Morgan fingerprint density at radius 2 is 1.69 bits per heavy atom. The summed E-state index contributed by atoms with van der Waals surface area (Å²) in [6.45, 7) is 0. The molecule has 0 saturated carbocycles. The quantitative estimate of drug-likeness (QED) is 0.663. The van der Waals surface area contributed by atoms with Crippen molar-refractivity contribution in [3.63, 3.8) is 0 Å². The highest BCUT2D eigenvalue weighted by Gasteiger charge is 2.09. The zero-order chi connectivity index (χ0) is 9.84. The third-order valence-electron chi connectivity index (χ3n) is 1.59. The van der Waals surface area contributed by atoms with Crippen LogP contribution in [-0.4, -0.2) is 19.7 Å². The molecule has 0 spiro atoms. The molecule has 0 radical (unpaired) electrons. The van der Waals surface area contributed by atoms with Gasteiger partial charge in [-0.2, -0.15) is 0 Å². The fourth-order valence-corrected chi connectivity index (χ4v) is 0.931. The Balaban J connectivity index is 3.36. The minimum Gasteiger partial charge on any atom is -0.497 e. The van der Waals surface area contributed by atoms with Crippen LogP contribution in [0.5, 0.6) is 5.75 Å². The number of hydrogen-bond donors (Lipinski definition) is 0. The van der Waals surface area contributed by atoms with E-state index in [9.17, 15) is 14.0 Å². The van der Waals surface area contributed by atoms with Crippen LogP contribution in [0.3, 0.4) is 0 Å². The van der Waals surface area contributed by atoms with Crippen LogP contribution >= 0.6 is 0 Å². The van der Waals surface area contributed by atoms with Gasteiger partial charge in [0.15, 0.2) is 12.6 Å². The molecule has 3 nitrogen and oxygen atoms in total. The topological polar surface area (TPSA) is 43.4 Å². The average Bonchev–Trinajstić information content (AvgIpc) is 2.18. The van der Waals surface area contributed by atoms with Gasteiger partial charge < -0.3 is 4.74 Å². The van der Waals surface area contributed by atoms with Crippen LogP contribution in [0, 0.1) is 5.82 Å². The van der Waals surface area contributed by atoms with Gasteiger partial charge in [-0.25, -0.2) is 4.39 Å². The van der Waals surface area contributed by atoms with Crippen molar-refractivity contribution in [2.75, 3.05) is 7.11 Å². The summed E-state index contributed by atoms with van der Waals surface area (Å²) < 4.78 is 17.8. The van der Waals surface area contributed by atoms with Gasteiger partial charge in [0, 0.05) is 0 Å². The molecule has 0 fully saturated rings. The maximum absolute atomic E-state index is 13.1. The van der Waals surface area contributed by atoms with Crippen molar-refractivity contribution in [3.05, 3.63) is 29.1 Å². The summed E-state index contributed by atoms with van der Waals surface area (Å²) >= 11 is 0. The second-order valence-electron chi connectivity index (χ2n) is 2.36. The molecule has 0 aliphatic rings. The van der Waals surface area contributed by atoms with E-state index in [-0.39, 0.29) is 16.9 Å². The van der Waals surface area contributed by atoms with Gasteiger partial charge in [-0.15, -0.1) is 0 Å². The molecule has 0 N–H and O–H groups in total. The Hall–Kier alpha value is -1.71. The molecule has 0 unspecified atom stereocenters. The Bertz CT molecular complexity index is 318. The second kappa shape index (κ2) is 3.80. The van der Waals surface area contributed by atoms with E-state index in [4.69, 9.17) is 4.74 Å². The van der Waals surface area contributed by atoms with Crippen LogP contribution in [0.25, 0.3) is 0 Å². The number of aldehydes is 2. The lowest BCUT2D eigenvalue weighted by Crippen LogP contribution is -1.96. The highest BCUT2D eigenvalue weighted by Crippen LogP contribution is 2.18. The molecule has 0 aliphatic heterocycles. The highest BCUT2D eigenvalue weighted by molar-refractivity contribution is 5.83. The van der Waals surface area contributed by atoms with Gasteiger partial charge in [-0.1, -0.05) is 0 Å². The molecule has 1 aromatic rings. The molecule has 0 saturated heterocycles. The van der Waals surface area contributed by atoms with Crippen LogP contribution in [0.15, 0.2) is 12.1 Å². The van der Waals surface area contributed by atoms with Crippen LogP contribution < -0.4 is 4.74 Å². The zero-order valence-corrected chi connectivity index (χ0v) is 6.91. The normalized spacial score (nSPS) is 9.38. The lowest BCUT2D eigenvalue weighted by Gasteiger charge is -2.03. The first-order valence-electron chi connectivity index (χ1n) is 3.50. The number of methoxy groups -OCH3 is 1. The summed E-state index contributed by atoms with van der Waals surface area (Å²) in [7, 11) is 1.37. The minimum absolute atomic E-state index is 0.179. The van der Waals surface area contributed by atoms with Gasteiger partial charge in [0.25, 0.3) is 0 Å². The van der Waals surface area contributed by atoms with Crippen LogP contribution in [0.4, 0.5) is 4.39 Å². The molecule has 0 bridgehead atoms. The summed E-state index contributed by atoms with van der Waals surface area (Å²) in [6, 6.07) is 2.46. The molecule has 0 heterocycles. The number of carbonyl (C=O) groups is 2. The molecule has 13 heavy (non-hydrogen) atoms. The van der Waals surface area contributed by atoms with Crippen molar-refractivity contribution in [2.45, 2.75) is 0 Å². The molecule has 0 aliphatic carbocycles. The van der Waals surface area contributed by atoms with Crippen molar-refractivity contribution in [3.8, 4) is 5.75 Å². The van der Waals surface area contributed by atoms with Gasteiger partial charge in [0.1, 0.15) is 11.6 Å². The fraction of sp³-hybridized carbons (Fsp3) is 0.111. The van der Waals surface area contributed by atoms with Crippen molar-refractivity contribution < 1.29 is 18.7 Å². The molecule has 0 atom stereocenters. The van der Waals surface area contributed by atoms with E-state index < -0.39 is 5.82 Å². The van der Waals surface area contributed by atoms with Crippen molar-refractivity contribution >= 4 is 12.6 Å². The van der Waals surface area contributed by atoms with Crippen LogP contribution in [0.2, 0.25) is 0 Å². The summed E-state index contributed by atoms with van der Waals surface area (Å²) in [6.07, 6.45) is 0.676. The van der Waals surface area contributed by atoms with Gasteiger partial charge in [-0.3, -0.25) is 9.59 Å². The van der Waals surface area contributed by atoms with E-state index >= 15 is 0 Å². The number of hydrogen-bond acceptors (Lipinski definition) is 3. The molecular weight excluding hydrogens is 174 g/mol. The predicted molar refractivity (Wildman–Crippen MR) is 43.7 cm³/mol. The smallest absolute Gasteiger partial charge is 0.153 e.